The molecule has 0 aliphatic carbocycles. The van der Waals surface area contributed by atoms with E-state index >= 15 is 0 Å². The molecule has 230 valence electrons. The van der Waals surface area contributed by atoms with Crippen LogP contribution in [-0.4, -0.2) is 34.2 Å². The Morgan fingerprint density at radius 1 is 1.00 bits per heavy atom. The van der Waals surface area contributed by atoms with Crippen LogP contribution in [0.3, 0.4) is 0 Å². The van der Waals surface area contributed by atoms with E-state index in [9.17, 15) is 27.9 Å². The van der Waals surface area contributed by atoms with Gasteiger partial charge in [-0.2, -0.15) is 22.3 Å². The minimum atomic E-state index is -4.44. The Labute approximate surface area is 259 Å². The lowest BCUT2D eigenvalue weighted by Crippen LogP contribution is -2.41. The molecule has 0 bridgehead atoms. The van der Waals surface area contributed by atoms with Gasteiger partial charge in [0, 0.05) is 16.9 Å². The number of aromatic hydroxyl groups is 1. The number of fused-ring (bicyclic) bond motifs is 1. The minimum absolute atomic E-state index is 0.00379. The van der Waals surface area contributed by atoms with Crippen LogP contribution in [0.4, 0.5) is 13.2 Å². The van der Waals surface area contributed by atoms with Crippen LogP contribution >= 0.6 is 11.3 Å². The molecule has 6 rings (SSSR count). The van der Waals surface area contributed by atoms with Gasteiger partial charge in [-0.1, -0.05) is 89.7 Å². The number of benzene rings is 3. The van der Waals surface area contributed by atoms with E-state index in [-0.39, 0.29) is 40.7 Å². The summed E-state index contributed by atoms with van der Waals surface area (Å²) in [7, 11) is 0. The maximum absolute atomic E-state index is 13.5. The third-order valence-corrected chi connectivity index (χ3v) is 8.66. The van der Waals surface area contributed by atoms with Crippen LogP contribution in [0.25, 0.3) is 21.3 Å². The van der Waals surface area contributed by atoms with Crippen molar-refractivity contribution < 1.29 is 32.5 Å². The highest BCUT2D eigenvalue weighted by molar-refractivity contribution is 7.18. The number of nitrogens with zero attached hydrogens (tertiary/aromatic N) is 3. The van der Waals surface area contributed by atoms with Gasteiger partial charge in [0.25, 0.3) is 0 Å². The number of carbonyl (C=O) groups excluding carboxylic acids is 1. The van der Waals surface area contributed by atoms with E-state index < -0.39 is 24.1 Å². The molecule has 3 heterocycles. The number of nitrogens with one attached hydrogen (secondary N) is 1. The predicted molar refractivity (Wildman–Crippen MR) is 164 cm³/mol. The summed E-state index contributed by atoms with van der Waals surface area (Å²) >= 11 is 0.855. The number of aliphatic imine (C=N–C) groups is 1. The molecule has 0 amide bonds. The van der Waals surface area contributed by atoms with Gasteiger partial charge >= 0.3 is 23.7 Å². The van der Waals surface area contributed by atoms with Crippen molar-refractivity contribution in [2.24, 2.45) is 4.99 Å². The first-order chi connectivity index (χ1) is 21.6. The third kappa shape index (κ3) is 6.60. The van der Waals surface area contributed by atoms with E-state index in [0.717, 1.165) is 44.7 Å². The first-order valence-corrected chi connectivity index (χ1v) is 15.0. The molecular formula is C33H28F3N4O4S+. The molecule has 0 saturated heterocycles. The van der Waals surface area contributed by atoms with Crippen molar-refractivity contribution in [3.63, 3.8) is 0 Å². The van der Waals surface area contributed by atoms with Crippen LogP contribution in [0.15, 0.2) is 88.6 Å². The molecule has 0 atom stereocenters. The molecule has 0 fully saturated rings. The van der Waals surface area contributed by atoms with Crippen molar-refractivity contribution in [1.82, 2.24) is 10.0 Å². The Balaban J connectivity index is 1.35. The highest BCUT2D eigenvalue weighted by Gasteiger charge is 2.32. The fourth-order valence-corrected chi connectivity index (χ4v) is 6.42. The number of thiophene rings is 1. The maximum Gasteiger partial charge on any atom is 0.458 e. The van der Waals surface area contributed by atoms with Gasteiger partial charge in [-0.3, -0.25) is 4.99 Å². The van der Waals surface area contributed by atoms with Crippen LogP contribution in [0.5, 0.6) is 6.01 Å². The van der Waals surface area contributed by atoms with Crippen LogP contribution in [0, 0.1) is 6.92 Å². The molecule has 0 saturated carbocycles. The number of halogens is 3. The first kappa shape index (κ1) is 30.1. The van der Waals surface area contributed by atoms with E-state index in [1.54, 1.807) is 0 Å². The standard InChI is InChI=1S/C33H27F3N4O4S/c1-20-6-8-21(9-7-20)14-15-39-30(42)27-16-24(17-33(34,35)36)45-31(27)40(32(39)43)19-22-10-12-23(13-11-22)25-4-2-3-5-26(25)29-37-18-28(41)44-38-29/h2-13,16H,14-15,17-19H2,1H3,(H,37,38)/p+1. The number of aromatic nitrogens is 2. The minimum Gasteiger partial charge on any atom is -0.446 e. The Kier molecular flexibility index (Phi) is 8.15. The Hall–Kier alpha value is -4.97. The Bertz CT molecular complexity index is 1980. The second-order valence-electron chi connectivity index (χ2n) is 10.8. The molecule has 12 heteroatoms. The zero-order valence-corrected chi connectivity index (χ0v) is 24.9. The van der Waals surface area contributed by atoms with Crippen LogP contribution in [-0.2, 0) is 35.6 Å². The normalized spacial score (nSPS) is 13.4. The number of hydroxylamine groups is 1. The van der Waals surface area contributed by atoms with Crippen molar-refractivity contribution >= 4 is 33.4 Å². The molecule has 45 heavy (non-hydrogen) atoms. The van der Waals surface area contributed by atoms with E-state index in [1.807, 2.05) is 79.7 Å². The summed E-state index contributed by atoms with van der Waals surface area (Å²) in [4.78, 5) is 34.3. The average molecular weight is 634 g/mol. The van der Waals surface area contributed by atoms with Gasteiger partial charge in [0.05, 0.1) is 6.42 Å². The van der Waals surface area contributed by atoms with E-state index in [0.29, 0.717) is 12.3 Å². The molecule has 1 aliphatic rings. The van der Waals surface area contributed by atoms with E-state index in [4.69, 9.17) is 4.84 Å². The number of aryl methyl sites for hydroxylation is 2. The van der Waals surface area contributed by atoms with Gasteiger partial charge in [-0.05, 0) is 35.2 Å². The SMILES string of the molecule is Cc1ccc(CCn2c(O)[n+](Cc3ccc(-c4ccccc4C4=NCC(=O)ON4)cc3)c3sc(CC(F)(F)F)cc3c2=O)cc1. The summed E-state index contributed by atoms with van der Waals surface area (Å²) in [6, 6.07) is 23.7. The number of alkyl halides is 3. The monoisotopic (exact) mass is 633 g/mol. The van der Waals surface area contributed by atoms with E-state index in [2.05, 4.69) is 10.5 Å². The quantitative estimate of drug-likeness (QED) is 0.228. The molecule has 8 nitrogen and oxygen atoms in total. The largest absolute Gasteiger partial charge is 0.458 e. The van der Waals surface area contributed by atoms with Gasteiger partial charge in [0.1, 0.15) is 25.0 Å². The summed E-state index contributed by atoms with van der Waals surface area (Å²) in [6.45, 7) is 2.14. The number of carbonyl (C=O) groups is 1. The predicted octanol–water partition coefficient (Wildman–Crippen LogP) is 5.24. The van der Waals surface area contributed by atoms with Gasteiger partial charge in [0.15, 0.2) is 5.84 Å². The molecule has 0 radical (unpaired) electrons. The number of hydrogen-bond acceptors (Lipinski definition) is 7. The van der Waals surface area contributed by atoms with E-state index in [1.165, 1.54) is 15.2 Å². The summed E-state index contributed by atoms with van der Waals surface area (Å²) in [5.74, 6) is -0.0504. The fourth-order valence-electron chi connectivity index (χ4n) is 5.25. The van der Waals surface area contributed by atoms with Crippen molar-refractivity contribution in [1.29, 1.82) is 0 Å². The average Bonchev–Trinajstić information content (AvgIpc) is 3.43. The molecule has 1 aliphatic heterocycles. The second kappa shape index (κ2) is 12.2. The third-order valence-electron chi connectivity index (χ3n) is 7.50. The first-order valence-electron chi connectivity index (χ1n) is 14.1. The lowest BCUT2D eigenvalue weighted by atomic mass is 9.98. The molecule has 3 aromatic carbocycles. The van der Waals surface area contributed by atoms with Gasteiger partial charge in [-0.25, -0.2) is 15.1 Å². The van der Waals surface area contributed by atoms with Gasteiger partial charge < -0.3 is 9.94 Å². The molecule has 0 spiro atoms. The summed E-state index contributed by atoms with van der Waals surface area (Å²) in [5.41, 5.74) is 7.29. The Morgan fingerprint density at radius 2 is 1.69 bits per heavy atom. The number of amidine groups is 1. The van der Waals surface area contributed by atoms with Crippen molar-refractivity contribution in [2.45, 2.75) is 39.0 Å². The summed E-state index contributed by atoms with van der Waals surface area (Å²) in [6.07, 6.45) is -5.15. The van der Waals surface area contributed by atoms with Crippen molar-refractivity contribution in [2.75, 3.05) is 6.54 Å². The van der Waals surface area contributed by atoms with Crippen LogP contribution in [0.2, 0.25) is 0 Å². The lowest BCUT2D eigenvalue weighted by Gasteiger charge is -2.17. The fraction of sp³-hybridized carbons (Fsp3) is 0.212. The van der Waals surface area contributed by atoms with Crippen LogP contribution in [0.1, 0.15) is 27.1 Å². The molecule has 2 N–H and O–H groups in total. The summed E-state index contributed by atoms with van der Waals surface area (Å²) in [5, 5.41) is 11.5. The van der Waals surface area contributed by atoms with Gasteiger partial charge in [-0.15, -0.1) is 0 Å². The smallest absolute Gasteiger partial charge is 0.446 e. The zero-order chi connectivity index (χ0) is 31.7. The lowest BCUT2D eigenvalue weighted by molar-refractivity contribution is -0.671. The highest BCUT2D eigenvalue weighted by Crippen LogP contribution is 2.30. The summed E-state index contributed by atoms with van der Waals surface area (Å²) < 4.78 is 42.6. The molecule has 0 unspecified atom stereocenters. The van der Waals surface area contributed by atoms with Gasteiger partial charge in [0.2, 0.25) is 4.83 Å². The highest BCUT2D eigenvalue weighted by atomic mass is 32.1. The number of hydrogen-bond donors (Lipinski definition) is 2. The topological polar surface area (TPSA) is 96.8 Å². The molecule has 5 aromatic rings. The molecular weight excluding hydrogens is 605 g/mol. The Morgan fingerprint density at radius 3 is 2.36 bits per heavy atom. The van der Waals surface area contributed by atoms with Crippen LogP contribution < -0.4 is 15.6 Å². The molecule has 2 aromatic heterocycles. The van der Waals surface area contributed by atoms with Crippen molar-refractivity contribution in [3.05, 3.63) is 116 Å². The van der Waals surface area contributed by atoms with Crippen molar-refractivity contribution in [3.8, 4) is 17.1 Å². The number of rotatable bonds is 8. The maximum atomic E-state index is 13.5. The second-order valence-corrected chi connectivity index (χ2v) is 11.9. The zero-order valence-electron chi connectivity index (χ0n) is 24.1.